The molecule has 2 heterocycles. The summed E-state index contributed by atoms with van der Waals surface area (Å²) in [6, 6.07) is 0.341. The molecule has 0 radical (unpaired) electrons. The van der Waals surface area contributed by atoms with Crippen molar-refractivity contribution in [2.45, 2.75) is 32.9 Å². The van der Waals surface area contributed by atoms with Crippen molar-refractivity contribution in [2.24, 2.45) is 0 Å². The van der Waals surface area contributed by atoms with E-state index >= 15 is 0 Å². The van der Waals surface area contributed by atoms with Gasteiger partial charge in [0.1, 0.15) is 11.6 Å². The first-order valence-electron chi connectivity index (χ1n) is 4.42. The van der Waals surface area contributed by atoms with Crippen LogP contribution >= 0.6 is 0 Å². The molecule has 0 fully saturated rings. The van der Waals surface area contributed by atoms with E-state index in [9.17, 15) is 0 Å². The summed E-state index contributed by atoms with van der Waals surface area (Å²) >= 11 is 0. The Hall–Kier alpha value is -0.900. The minimum Gasteiger partial charge on any atom is -0.314 e. The van der Waals surface area contributed by atoms with Gasteiger partial charge in [-0.3, -0.25) is 0 Å². The molecule has 1 N–H and O–H groups in total. The van der Waals surface area contributed by atoms with Crippen LogP contribution in [0.1, 0.15) is 31.0 Å². The maximum atomic E-state index is 4.15. The summed E-state index contributed by atoms with van der Waals surface area (Å²) < 4.78 is 2.20. The summed E-state index contributed by atoms with van der Waals surface area (Å²) in [5.74, 6) is 2.10. The van der Waals surface area contributed by atoms with E-state index < -0.39 is 0 Å². The first-order valence-corrected chi connectivity index (χ1v) is 4.42. The van der Waals surface area contributed by atoms with Gasteiger partial charge >= 0.3 is 0 Å². The second kappa shape index (κ2) is 2.86. The SMILES string of the molecule is Cc1nnc2n1CCCNC2C. The molecule has 0 bridgehead atoms. The van der Waals surface area contributed by atoms with Gasteiger partial charge < -0.3 is 9.88 Å². The van der Waals surface area contributed by atoms with Gasteiger partial charge in [-0.05, 0) is 26.8 Å². The Labute approximate surface area is 72.0 Å². The van der Waals surface area contributed by atoms with Gasteiger partial charge in [0.2, 0.25) is 0 Å². The van der Waals surface area contributed by atoms with Gasteiger partial charge in [-0.15, -0.1) is 10.2 Å². The lowest BCUT2D eigenvalue weighted by Gasteiger charge is -2.08. The lowest BCUT2D eigenvalue weighted by atomic mass is 10.3. The van der Waals surface area contributed by atoms with E-state index in [1.165, 1.54) is 0 Å². The molecule has 0 amide bonds. The quantitative estimate of drug-likeness (QED) is 0.615. The summed E-state index contributed by atoms with van der Waals surface area (Å²) in [4.78, 5) is 0. The molecule has 4 heteroatoms. The standard InChI is InChI=1S/C8H14N4/c1-6-8-11-10-7(2)12(8)5-3-4-9-6/h6,9H,3-5H2,1-2H3. The monoisotopic (exact) mass is 166 g/mol. The topological polar surface area (TPSA) is 42.7 Å². The molecule has 1 unspecified atom stereocenters. The molecule has 2 rings (SSSR count). The zero-order valence-corrected chi connectivity index (χ0v) is 7.54. The predicted molar refractivity (Wildman–Crippen MR) is 45.8 cm³/mol. The number of nitrogens with one attached hydrogen (secondary N) is 1. The van der Waals surface area contributed by atoms with Crippen molar-refractivity contribution in [1.82, 2.24) is 20.1 Å². The third-order valence-electron chi connectivity index (χ3n) is 2.36. The fourth-order valence-electron chi connectivity index (χ4n) is 1.64. The van der Waals surface area contributed by atoms with Crippen LogP contribution < -0.4 is 5.32 Å². The average Bonchev–Trinajstić information content (AvgIpc) is 2.30. The van der Waals surface area contributed by atoms with Gasteiger partial charge in [0.15, 0.2) is 0 Å². The lowest BCUT2D eigenvalue weighted by Crippen LogP contribution is -2.18. The molecule has 1 atom stereocenters. The van der Waals surface area contributed by atoms with Crippen molar-refractivity contribution >= 4 is 0 Å². The Morgan fingerprint density at radius 2 is 2.33 bits per heavy atom. The zero-order chi connectivity index (χ0) is 8.55. The highest BCUT2D eigenvalue weighted by Gasteiger charge is 2.17. The van der Waals surface area contributed by atoms with Crippen LogP contribution in [0.15, 0.2) is 0 Å². The van der Waals surface area contributed by atoms with E-state index in [2.05, 4.69) is 27.0 Å². The van der Waals surface area contributed by atoms with Crippen molar-refractivity contribution in [3.8, 4) is 0 Å². The van der Waals surface area contributed by atoms with Crippen LogP contribution in [0.25, 0.3) is 0 Å². The zero-order valence-electron chi connectivity index (χ0n) is 7.54. The molecule has 1 aromatic rings. The summed E-state index contributed by atoms with van der Waals surface area (Å²) in [5.41, 5.74) is 0. The third kappa shape index (κ3) is 1.12. The van der Waals surface area contributed by atoms with Gasteiger partial charge in [0.05, 0.1) is 6.04 Å². The number of nitrogens with zero attached hydrogens (tertiary/aromatic N) is 3. The Bertz CT molecular complexity index is 279. The van der Waals surface area contributed by atoms with Gasteiger partial charge in [0.25, 0.3) is 0 Å². The van der Waals surface area contributed by atoms with Gasteiger partial charge in [-0.2, -0.15) is 0 Å². The fourth-order valence-corrected chi connectivity index (χ4v) is 1.64. The van der Waals surface area contributed by atoms with E-state index in [4.69, 9.17) is 0 Å². The van der Waals surface area contributed by atoms with Crippen LogP contribution in [0, 0.1) is 6.92 Å². The molecule has 66 valence electrons. The molecule has 0 spiro atoms. The van der Waals surface area contributed by atoms with Crippen LogP contribution in [-0.4, -0.2) is 21.3 Å². The Balaban J connectivity index is 2.41. The third-order valence-corrected chi connectivity index (χ3v) is 2.36. The van der Waals surface area contributed by atoms with E-state index in [1.54, 1.807) is 0 Å². The molecule has 0 aliphatic carbocycles. The van der Waals surface area contributed by atoms with Crippen molar-refractivity contribution in [3.05, 3.63) is 11.6 Å². The van der Waals surface area contributed by atoms with E-state index in [0.29, 0.717) is 6.04 Å². The molecule has 12 heavy (non-hydrogen) atoms. The summed E-state index contributed by atoms with van der Waals surface area (Å²) in [6.07, 6.45) is 1.16. The first-order chi connectivity index (χ1) is 5.79. The minimum absolute atomic E-state index is 0.341. The number of hydrogen-bond donors (Lipinski definition) is 1. The molecule has 1 aromatic heterocycles. The highest BCUT2D eigenvalue weighted by Crippen LogP contribution is 2.14. The number of aryl methyl sites for hydroxylation is 1. The Morgan fingerprint density at radius 3 is 3.17 bits per heavy atom. The van der Waals surface area contributed by atoms with Crippen molar-refractivity contribution in [1.29, 1.82) is 0 Å². The largest absolute Gasteiger partial charge is 0.314 e. The lowest BCUT2D eigenvalue weighted by molar-refractivity contribution is 0.567. The predicted octanol–water partition coefficient (Wildman–Crippen LogP) is 0.641. The van der Waals surface area contributed by atoms with Crippen LogP contribution in [0.3, 0.4) is 0 Å². The fraction of sp³-hybridized carbons (Fsp3) is 0.750. The molecule has 0 saturated carbocycles. The smallest absolute Gasteiger partial charge is 0.149 e. The van der Waals surface area contributed by atoms with Crippen LogP contribution in [0.5, 0.6) is 0 Å². The summed E-state index contributed by atoms with van der Waals surface area (Å²) in [7, 11) is 0. The number of rotatable bonds is 0. The summed E-state index contributed by atoms with van der Waals surface area (Å²) in [5, 5.41) is 11.6. The maximum absolute atomic E-state index is 4.15. The molecule has 1 aliphatic rings. The van der Waals surface area contributed by atoms with Gasteiger partial charge in [-0.25, -0.2) is 0 Å². The number of fused-ring (bicyclic) bond motifs is 1. The molecule has 4 nitrogen and oxygen atoms in total. The molecular weight excluding hydrogens is 152 g/mol. The van der Waals surface area contributed by atoms with Crippen LogP contribution in [0.2, 0.25) is 0 Å². The highest BCUT2D eigenvalue weighted by atomic mass is 15.3. The Kier molecular flexibility index (Phi) is 1.84. The summed E-state index contributed by atoms with van der Waals surface area (Å²) in [6.45, 7) is 6.26. The first kappa shape index (κ1) is 7.73. The Morgan fingerprint density at radius 1 is 1.50 bits per heavy atom. The number of aromatic nitrogens is 3. The second-order valence-corrected chi connectivity index (χ2v) is 3.29. The van der Waals surface area contributed by atoms with Crippen molar-refractivity contribution in [2.75, 3.05) is 6.54 Å². The normalized spacial score (nSPS) is 23.3. The van der Waals surface area contributed by atoms with E-state index in [0.717, 1.165) is 31.2 Å². The molecule has 1 aliphatic heterocycles. The molecular formula is C8H14N4. The highest BCUT2D eigenvalue weighted by molar-refractivity contribution is 5.00. The van der Waals surface area contributed by atoms with E-state index in [-0.39, 0.29) is 0 Å². The molecule has 0 aromatic carbocycles. The van der Waals surface area contributed by atoms with E-state index in [1.807, 2.05) is 6.92 Å². The van der Waals surface area contributed by atoms with Crippen LogP contribution in [0.4, 0.5) is 0 Å². The molecule has 0 saturated heterocycles. The minimum atomic E-state index is 0.341. The van der Waals surface area contributed by atoms with Gasteiger partial charge in [-0.1, -0.05) is 0 Å². The van der Waals surface area contributed by atoms with Crippen LogP contribution in [-0.2, 0) is 6.54 Å². The second-order valence-electron chi connectivity index (χ2n) is 3.29. The van der Waals surface area contributed by atoms with Gasteiger partial charge in [0, 0.05) is 6.54 Å². The number of hydrogen-bond acceptors (Lipinski definition) is 3. The average molecular weight is 166 g/mol. The van der Waals surface area contributed by atoms with Crippen molar-refractivity contribution < 1.29 is 0 Å². The maximum Gasteiger partial charge on any atom is 0.149 e. The van der Waals surface area contributed by atoms with Crippen molar-refractivity contribution in [3.63, 3.8) is 0 Å².